The molecule has 2 aromatic heterocycles. The largest absolute Gasteiger partial charge is 0.338 e. The van der Waals surface area contributed by atoms with E-state index < -0.39 is 0 Å². The monoisotopic (exact) mass is 1560 g/mol. The Morgan fingerprint density at radius 1 is 0.252 bits per heavy atom. The second kappa shape index (κ2) is 31.0. The molecule has 0 saturated heterocycles. The van der Waals surface area contributed by atoms with Crippen LogP contribution >= 0.6 is 0 Å². The first kappa shape index (κ1) is 80.5. The van der Waals surface area contributed by atoms with Crippen LogP contribution in [0.25, 0.3) is 88.1 Å². The van der Waals surface area contributed by atoms with E-state index >= 15 is 0 Å². The summed E-state index contributed by atoms with van der Waals surface area (Å²) in [5.74, 6) is 0. The van der Waals surface area contributed by atoms with Crippen LogP contribution in [0.4, 0.5) is 22.7 Å². The van der Waals surface area contributed by atoms with Crippen LogP contribution in [-0.4, -0.2) is 15.8 Å². The van der Waals surface area contributed by atoms with Gasteiger partial charge in [-0.25, -0.2) is 0 Å². The standard InChI is InChI=1S/C114H123BN4/c1-20-21-22-23-24-29-38-75-59-106-108-107(60-75)119(74-97-90(80-43-34-27-35-44-80)69-87(114(17,18)19)70-91(97)81-45-36-28-37-46-81)105-62-77(72-117-102-57-51-84(111(8,9)10)65-94(102)95-66-85(112(11,12)13)52-58-103(95)117)48-54-99(105)115(108)98-53-47-76(71-116-100-55-49-82(109(2,3)4)63-92(100)93-64-83(110(5,6)7)50-56-101(93)116)61-104(98)118(106)73-96-88(78-39-30-25-31-40-78)67-86(113(14,15)16)68-89(96)79-41-32-26-33-42-79/h25-28,30-37,39-70H,20-24,29,38,71-74H2,1-19H3. The van der Waals surface area contributed by atoms with Crippen molar-refractivity contribution >= 4 is 89.5 Å². The second-order valence-electron chi connectivity index (χ2n) is 41.1. The number of aryl methyl sites for hydroxylation is 1. The minimum atomic E-state index is -0.134. The molecule has 4 heterocycles. The lowest BCUT2D eigenvalue weighted by Gasteiger charge is -2.45. The van der Waals surface area contributed by atoms with Gasteiger partial charge in [-0.2, -0.15) is 0 Å². The van der Waals surface area contributed by atoms with E-state index in [1.165, 1.54) is 221 Å². The molecule has 0 aliphatic carbocycles. The number of hydrogen-bond acceptors (Lipinski definition) is 2. The summed E-state index contributed by atoms with van der Waals surface area (Å²) in [5, 5.41) is 5.28. The van der Waals surface area contributed by atoms with Crippen LogP contribution in [0, 0.1) is 0 Å². The molecule has 0 unspecified atom stereocenters. The maximum absolute atomic E-state index is 2.83. The van der Waals surface area contributed by atoms with Crippen LogP contribution in [0.1, 0.15) is 231 Å². The summed E-state index contributed by atoms with van der Waals surface area (Å²) in [6.45, 7) is 47.3. The number of fused-ring (bicyclic) bond motifs is 10. The van der Waals surface area contributed by atoms with E-state index in [2.05, 4.69) is 417 Å². The Balaban J connectivity index is 0.961. The van der Waals surface area contributed by atoms with Gasteiger partial charge in [-0.05, 0) is 240 Å². The molecule has 0 amide bonds. The number of benzene rings is 13. The molecule has 2 aliphatic rings. The zero-order valence-electron chi connectivity index (χ0n) is 74.5. The molecule has 4 nitrogen and oxygen atoms in total. The topological polar surface area (TPSA) is 16.3 Å². The molecule has 0 radical (unpaired) electrons. The van der Waals surface area contributed by atoms with Crippen LogP contribution in [-0.2, 0) is 65.1 Å². The average Bonchev–Trinajstić information content (AvgIpc) is 1.35. The molecule has 0 spiro atoms. The molecule has 0 atom stereocenters. The molecule has 15 aromatic rings. The summed E-state index contributed by atoms with van der Waals surface area (Å²) in [6, 6.07) is 106. The van der Waals surface area contributed by atoms with Gasteiger partial charge in [0.05, 0.1) is 0 Å². The van der Waals surface area contributed by atoms with Crippen molar-refractivity contribution in [1.82, 2.24) is 9.13 Å². The Labute approximate surface area is 711 Å². The van der Waals surface area contributed by atoms with E-state index in [0.29, 0.717) is 26.2 Å². The lowest BCUT2D eigenvalue weighted by atomic mass is 9.33. The molecule has 17 rings (SSSR count). The summed E-state index contributed by atoms with van der Waals surface area (Å²) in [4.78, 5) is 5.67. The second-order valence-corrected chi connectivity index (χ2v) is 41.1. The maximum Gasteiger partial charge on any atom is 0.252 e. The molecule has 0 saturated carbocycles. The molecule has 5 heteroatoms. The molecule has 13 aromatic carbocycles. The fourth-order valence-electron chi connectivity index (χ4n) is 19.2. The van der Waals surface area contributed by atoms with E-state index in [0.717, 1.165) is 12.8 Å². The third kappa shape index (κ3) is 15.6. The molecule has 0 bridgehead atoms. The van der Waals surface area contributed by atoms with Gasteiger partial charge in [0.15, 0.2) is 0 Å². The third-order valence-corrected chi connectivity index (χ3v) is 26.4. The number of anilines is 4. The van der Waals surface area contributed by atoms with Crippen molar-refractivity contribution in [3.63, 3.8) is 0 Å². The first-order chi connectivity index (χ1) is 56.7. The third-order valence-electron chi connectivity index (χ3n) is 26.4. The molecule has 0 fully saturated rings. The highest BCUT2D eigenvalue weighted by Crippen LogP contribution is 2.49. The quantitative estimate of drug-likeness (QED) is 0.0593. The fourth-order valence-corrected chi connectivity index (χ4v) is 19.2. The normalized spacial score (nSPS) is 13.3. The number of aromatic nitrogens is 2. The molecule has 2 aliphatic heterocycles. The summed E-state index contributed by atoms with van der Waals surface area (Å²) in [6.07, 6.45) is 8.29. The maximum atomic E-state index is 2.83. The van der Waals surface area contributed by atoms with Gasteiger partial charge in [-0.15, -0.1) is 0 Å². The van der Waals surface area contributed by atoms with Crippen molar-refractivity contribution in [2.45, 2.75) is 235 Å². The highest BCUT2D eigenvalue weighted by Gasteiger charge is 2.44. The van der Waals surface area contributed by atoms with Crippen molar-refractivity contribution < 1.29 is 0 Å². The van der Waals surface area contributed by atoms with Gasteiger partial charge in [0, 0.05) is 92.5 Å². The Morgan fingerprint density at radius 2 is 0.538 bits per heavy atom. The van der Waals surface area contributed by atoms with Gasteiger partial charge < -0.3 is 18.9 Å². The summed E-state index contributed by atoms with van der Waals surface area (Å²) < 4.78 is 5.27. The van der Waals surface area contributed by atoms with Crippen LogP contribution in [0.3, 0.4) is 0 Å². The Bertz CT molecular complexity index is 5690. The van der Waals surface area contributed by atoms with E-state index in [4.69, 9.17) is 0 Å². The fraction of sp³-hybridized carbons (Fsp3) is 0.316. The smallest absolute Gasteiger partial charge is 0.252 e. The minimum absolute atomic E-state index is 0.0191. The van der Waals surface area contributed by atoms with Crippen molar-refractivity contribution in [2.75, 3.05) is 9.80 Å². The van der Waals surface area contributed by atoms with Gasteiger partial charge in [0.25, 0.3) is 6.71 Å². The zero-order valence-corrected chi connectivity index (χ0v) is 74.5. The molecule has 602 valence electrons. The van der Waals surface area contributed by atoms with Crippen LogP contribution in [0.5, 0.6) is 0 Å². The van der Waals surface area contributed by atoms with Gasteiger partial charge in [-0.1, -0.05) is 358 Å². The summed E-state index contributed by atoms with van der Waals surface area (Å²) >= 11 is 0. The number of unbranched alkanes of at least 4 members (excludes halogenated alkanes) is 5. The highest BCUT2D eigenvalue weighted by atomic mass is 15.2. The Hall–Kier alpha value is -10.9. The van der Waals surface area contributed by atoms with Crippen LogP contribution in [0.15, 0.2) is 267 Å². The lowest BCUT2D eigenvalue weighted by molar-refractivity contribution is 0.590. The predicted octanol–water partition coefficient (Wildman–Crippen LogP) is 29.2. The van der Waals surface area contributed by atoms with E-state index in [-0.39, 0.29) is 39.2 Å². The number of nitrogens with zero attached hydrogens (tertiary/aromatic N) is 4. The predicted molar refractivity (Wildman–Crippen MR) is 517 cm³/mol. The molecule has 0 N–H and O–H groups in total. The van der Waals surface area contributed by atoms with E-state index in [1.54, 1.807) is 0 Å². The van der Waals surface area contributed by atoms with Gasteiger partial charge in [0.2, 0.25) is 0 Å². The first-order valence-electron chi connectivity index (χ1n) is 44.4. The number of rotatable bonds is 19. The van der Waals surface area contributed by atoms with Gasteiger partial charge in [-0.3, -0.25) is 0 Å². The summed E-state index contributed by atoms with van der Waals surface area (Å²) in [5.41, 5.74) is 38.5. The molecular weight excluding hydrogens is 1440 g/mol. The lowest BCUT2D eigenvalue weighted by Crippen LogP contribution is -2.62. The molecular formula is C114H123BN4. The van der Waals surface area contributed by atoms with Crippen molar-refractivity contribution in [2.24, 2.45) is 0 Å². The highest BCUT2D eigenvalue weighted by molar-refractivity contribution is 7.00. The van der Waals surface area contributed by atoms with Crippen LogP contribution in [0.2, 0.25) is 0 Å². The Kier molecular flexibility index (Phi) is 21.0. The van der Waals surface area contributed by atoms with Gasteiger partial charge in [0.1, 0.15) is 0 Å². The Morgan fingerprint density at radius 3 is 0.832 bits per heavy atom. The van der Waals surface area contributed by atoms with Crippen molar-refractivity contribution in [3.05, 3.63) is 328 Å². The molecule has 119 heavy (non-hydrogen) atoms. The zero-order chi connectivity index (χ0) is 83.4. The average molecular weight is 1560 g/mol. The van der Waals surface area contributed by atoms with E-state index in [9.17, 15) is 0 Å². The van der Waals surface area contributed by atoms with Crippen LogP contribution < -0.4 is 26.2 Å². The van der Waals surface area contributed by atoms with E-state index in [1.807, 2.05) is 0 Å². The van der Waals surface area contributed by atoms with Crippen molar-refractivity contribution in [3.8, 4) is 44.5 Å². The van der Waals surface area contributed by atoms with Crippen molar-refractivity contribution in [1.29, 1.82) is 0 Å². The SMILES string of the molecule is CCCCCCCCc1cc2c3c(c1)N(Cc1c(-c4ccccc4)cc(C(C)(C)C)cc1-c1ccccc1)c1cc(Cn4c5ccc(C(C)(C)C)cc5c5cc(C(C)(C)C)ccc54)ccc1B3c1ccc(Cn3c4ccc(C(C)(C)C)cc4c4cc(C(C)(C)C)ccc43)cc1N2Cc1c(-c2ccccc2)cc(C(C)(C)C)cc1-c1ccccc1. The van der Waals surface area contributed by atoms with Gasteiger partial charge >= 0.3 is 0 Å². The minimum Gasteiger partial charge on any atom is -0.338 e. The first-order valence-corrected chi connectivity index (χ1v) is 44.4. The summed E-state index contributed by atoms with van der Waals surface area (Å²) in [7, 11) is 0. The number of hydrogen-bond donors (Lipinski definition) is 0.